The summed E-state index contributed by atoms with van der Waals surface area (Å²) < 4.78 is 11.1. The first-order valence-corrected chi connectivity index (χ1v) is 14.6. The molecule has 0 saturated carbocycles. The lowest BCUT2D eigenvalue weighted by molar-refractivity contribution is 0.0996. The van der Waals surface area contributed by atoms with Crippen molar-refractivity contribution in [3.8, 4) is 0 Å². The number of unbranched alkanes of at least 4 members (excludes halogenated alkanes) is 1. The fourth-order valence-electron chi connectivity index (χ4n) is 5.50. The van der Waals surface area contributed by atoms with E-state index in [0.717, 1.165) is 58.9 Å². The lowest BCUT2D eigenvalue weighted by Crippen LogP contribution is -2.20. The van der Waals surface area contributed by atoms with E-state index in [1.807, 2.05) is 42.7 Å². The topological polar surface area (TPSA) is 164 Å². The second-order valence-corrected chi connectivity index (χ2v) is 10.7. The summed E-state index contributed by atoms with van der Waals surface area (Å²) in [5.41, 5.74) is 11.6. The first-order valence-electron chi connectivity index (χ1n) is 14.6. The van der Waals surface area contributed by atoms with Crippen LogP contribution in [0.25, 0.3) is 22.1 Å². The zero-order valence-electron chi connectivity index (χ0n) is 24.9. The number of hydrogen-bond donors (Lipinski definition) is 3. The van der Waals surface area contributed by atoms with E-state index >= 15 is 0 Å². The predicted molar refractivity (Wildman–Crippen MR) is 166 cm³/mol. The third kappa shape index (κ3) is 5.63. The largest absolute Gasteiger partial charge is 0.366 e. The van der Waals surface area contributed by atoms with Gasteiger partial charge in [-0.2, -0.15) is 5.10 Å². The summed E-state index contributed by atoms with van der Waals surface area (Å²) in [5, 5.41) is 14.5. The average Bonchev–Trinajstić information content (AvgIpc) is 3.79. The van der Waals surface area contributed by atoms with Gasteiger partial charge in [-0.1, -0.05) is 17.3 Å². The lowest BCUT2D eigenvalue weighted by Gasteiger charge is -2.13. The van der Waals surface area contributed by atoms with Gasteiger partial charge < -0.3 is 24.7 Å². The molecule has 0 fully saturated rings. The number of fused-ring (bicyclic) bond motifs is 2. The van der Waals surface area contributed by atoms with Gasteiger partial charge in [0.1, 0.15) is 5.69 Å². The molecule has 0 radical (unpaired) electrons. The molecule has 226 valence electrons. The van der Waals surface area contributed by atoms with E-state index in [4.69, 9.17) is 15.2 Å². The highest BCUT2D eigenvalue weighted by Crippen LogP contribution is 2.26. The highest BCUT2D eigenvalue weighted by Gasteiger charge is 2.19. The zero-order valence-corrected chi connectivity index (χ0v) is 24.9. The molecule has 0 bridgehead atoms. The summed E-state index contributed by atoms with van der Waals surface area (Å²) in [7, 11) is 0. The Morgan fingerprint density at radius 1 is 0.955 bits per heavy atom. The minimum atomic E-state index is -0.537. The van der Waals surface area contributed by atoms with Crippen molar-refractivity contribution in [3.05, 3.63) is 83.0 Å². The van der Waals surface area contributed by atoms with E-state index in [1.165, 1.54) is 0 Å². The summed E-state index contributed by atoms with van der Waals surface area (Å²) in [6, 6.07) is 14.8. The number of primary amides is 1. The lowest BCUT2D eigenvalue weighted by atomic mass is 10.2. The van der Waals surface area contributed by atoms with Gasteiger partial charge >= 0.3 is 0 Å². The van der Waals surface area contributed by atoms with Gasteiger partial charge in [0.05, 0.1) is 40.5 Å². The van der Waals surface area contributed by atoms with Crippen LogP contribution in [0.5, 0.6) is 0 Å². The Labute approximate surface area is 253 Å². The minimum absolute atomic E-state index is 0.304. The Morgan fingerprint density at radius 2 is 1.75 bits per heavy atom. The van der Waals surface area contributed by atoms with Gasteiger partial charge in [-0.3, -0.25) is 19.6 Å². The number of rotatable bonds is 12. The van der Waals surface area contributed by atoms with Gasteiger partial charge in [0.25, 0.3) is 5.91 Å². The second-order valence-electron chi connectivity index (χ2n) is 10.7. The molecule has 44 heavy (non-hydrogen) atoms. The van der Waals surface area contributed by atoms with Gasteiger partial charge in [0.2, 0.25) is 17.8 Å². The summed E-state index contributed by atoms with van der Waals surface area (Å²) >= 11 is 0. The van der Waals surface area contributed by atoms with Crippen LogP contribution in [0, 0.1) is 13.8 Å². The van der Waals surface area contributed by atoms with Crippen molar-refractivity contribution < 1.29 is 14.1 Å². The monoisotopic (exact) mass is 594 g/mol. The molecule has 4 N–H and O–H groups in total. The molecule has 0 spiro atoms. The second kappa shape index (κ2) is 12.0. The van der Waals surface area contributed by atoms with E-state index in [1.54, 1.807) is 29.1 Å². The maximum absolute atomic E-state index is 13.3. The summed E-state index contributed by atoms with van der Waals surface area (Å²) in [6.07, 6.45) is 3.23. The van der Waals surface area contributed by atoms with Crippen LogP contribution in [0.4, 0.5) is 11.9 Å². The Balaban J connectivity index is 1.24. The molecular formula is C31H34N10O3. The number of hydrogen-bond acceptors (Lipinski definition) is 8. The van der Waals surface area contributed by atoms with Crippen LogP contribution in [-0.4, -0.2) is 45.9 Å². The maximum Gasteiger partial charge on any atom is 0.276 e. The number of carbonyl (C=O) groups is 2. The molecule has 4 heterocycles. The number of nitrogens with zero attached hydrogens (tertiary/aromatic N) is 7. The molecular weight excluding hydrogens is 560 g/mol. The molecule has 0 unspecified atom stereocenters. The fourth-order valence-corrected chi connectivity index (χ4v) is 5.50. The fraction of sp³-hybridized carbons (Fsp3) is 0.290. The Hall–Kier alpha value is -5.46. The smallest absolute Gasteiger partial charge is 0.276 e. The van der Waals surface area contributed by atoms with E-state index < -0.39 is 5.91 Å². The normalized spacial score (nSPS) is 11.4. The molecule has 0 atom stereocenters. The molecule has 6 aromatic rings. The van der Waals surface area contributed by atoms with Gasteiger partial charge in [-0.05, 0) is 69.5 Å². The van der Waals surface area contributed by atoms with Crippen LogP contribution in [0.1, 0.15) is 57.6 Å². The maximum atomic E-state index is 13.3. The number of aryl methyl sites for hydroxylation is 5. The summed E-state index contributed by atoms with van der Waals surface area (Å²) in [5.74, 6) is 1.03. The van der Waals surface area contributed by atoms with Crippen molar-refractivity contribution in [3.63, 3.8) is 0 Å². The van der Waals surface area contributed by atoms with Crippen LogP contribution >= 0.6 is 0 Å². The number of amides is 2. The van der Waals surface area contributed by atoms with Crippen LogP contribution in [0.2, 0.25) is 0 Å². The number of nitrogens with two attached hydrogens (primary N) is 1. The highest BCUT2D eigenvalue weighted by molar-refractivity contribution is 6.03. The van der Waals surface area contributed by atoms with E-state index in [-0.39, 0.29) is 5.91 Å². The van der Waals surface area contributed by atoms with E-state index in [2.05, 4.69) is 43.4 Å². The average molecular weight is 595 g/mol. The Kier molecular flexibility index (Phi) is 7.84. The minimum Gasteiger partial charge on any atom is -0.366 e. The van der Waals surface area contributed by atoms with Gasteiger partial charge in [0, 0.05) is 31.3 Å². The van der Waals surface area contributed by atoms with Crippen molar-refractivity contribution in [2.45, 2.75) is 59.8 Å². The number of aromatic nitrogens is 7. The summed E-state index contributed by atoms with van der Waals surface area (Å²) in [6.45, 7) is 8.20. The van der Waals surface area contributed by atoms with Crippen molar-refractivity contribution in [2.24, 2.45) is 5.73 Å². The van der Waals surface area contributed by atoms with Crippen molar-refractivity contribution in [1.82, 2.24) is 34.0 Å². The third-order valence-electron chi connectivity index (χ3n) is 7.59. The van der Waals surface area contributed by atoms with Gasteiger partial charge in [-0.15, -0.1) is 0 Å². The van der Waals surface area contributed by atoms with Crippen LogP contribution in [0.15, 0.2) is 59.3 Å². The van der Waals surface area contributed by atoms with Crippen molar-refractivity contribution in [2.75, 3.05) is 10.6 Å². The van der Waals surface area contributed by atoms with E-state index in [0.29, 0.717) is 42.4 Å². The van der Waals surface area contributed by atoms with Crippen LogP contribution < -0.4 is 16.4 Å². The van der Waals surface area contributed by atoms with E-state index in [9.17, 15) is 9.59 Å². The molecule has 4 aromatic heterocycles. The number of anilines is 2. The molecule has 13 nitrogen and oxygen atoms in total. The quantitative estimate of drug-likeness (QED) is 0.172. The zero-order chi connectivity index (χ0) is 30.8. The molecule has 6 rings (SSSR count). The molecule has 0 aliphatic rings. The number of benzene rings is 2. The number of nitrogens with one attached hydrogen (secondary N) is 2. The first kappa shape index (κ1) is 28.6. The van der Waals surface area contributed by atoms with Gasteiger partial charge in [0.15, 0.2) is 5.76 Å². The Bertz CT molecular complexity index is 1970. The molecule has 0 aliphatic carbocycles. The van der Waals surface area contributed by atoms with Crippen molar-refractivity contribution in [1.29, 1.82) is 0 Å². The molecule has 2 amide bonds. The number of para-hydroxylation sites is 1. The summed E-state index contributed by atoms with van der Waals surface area (Å²) in [4.78, 5) is 34.7. The highest BCUT2D eigenvalue weighted by atomic mass is 16.5. The molecule has 0 aliphatic heterocycles. The number of imidazole rings is 2. The van der Waals surface area contributed by atoms with Crippen LogP contribution in [0.3, 0.4) is 0 Å². The SMILES string of the molecule is CCn1nc(C)cc1C(=O)Nc1nc2cc(C(N)=O)ccc2n1CCCCn1c(NCc2ccno2)nc2cccc(C)c21. The standard InChI is InChI=1S/C31H34N10O3/c1-4-41-26(16-20(3)38-41)29(43)37-31-36-24-17-21(28(32)42)10-11-25(24)39(31)14-5-6-15-40-27-19(2)8-7-9-23(27)35-30(40)33-18-22-12-13-34-44-22/h7-13,16-17H,4-6,14-15,18H2,1-3H3,(H2,32,42)(H,33,35)(H,36,37,43). The van der Waals surface area contributed by atoms with Crippen LogP contribution in [-0.2, 0) is 26.2 Å². The first-order chi connectivity index (χ1) is 21.3. The molecule has 13 heteroatoms. The third-order valence-corrected chi connectivity index (χ3v) is 7.59. The predicted octanol–water partition coefficient (Wildman–Crippen LogP) is 4.65. The molecule has 0 saturated heterocycles. The Morgan fingerprint density at radius 3 is 2.50 bits per heavy atom. The number of carbonyl (C=O) groups excluding carboxylic acids is 2. The molecule has 2 aromatic carbocycles. The van der Waals surface area contributed by atoms with Gasteiger partial charge in [-0.25, -0.2) is 9.97 Å². The van der Waals surface area contributed by atoms with Crippen molar-refractivity contribution >= 4 is 45.8 Å².